The summed E-state index contributed by atoms with van der Waals surface area (Å²) >= 11 is 5.93. The number of hydrogen-bond acceptors (Lipinski definition) is 3. The number of fused-ring (bicyclic) bond motifs is 1. The van der Waals surface area contributed by atoms with Gasteiger partial charge >= 0.3 is 6.03 Å². The van der Waals surface area contributed by atoms with Gasteiger partial charge in [-0.1, -0.05) is 35.9 Å². The zero-order valence-corrected chi connectivity index (χ0v) is 15.2. The number of benzene rings is 2. The third-order valence-electron chi connectivity index (χ3n) is 4.05. The summed E-state index contributed by atoms with van der Waals surface area (Å²) in [6.07, 6.45) is 1.61. The van der Waals surface area contributed by atoms with Gasteiger partial charge in [0, 0.05) is 16.1 Å². The summed E-state index contributed by atoms with van der Waals surface area (Å²) in [5.41, 5.74) is 3.70. The molecule has 2 heterocycles. The molecule has 0 aliphatic rings. The molecule has 0 atom stereocenters. The summed E-state index contributed by atoms with van der Waals surface area (Å²) in [5, 5.41) is 11.5. The van der Waals surface area contributed by atoms with Crippen molar-refractivity contribution in [1.29, 1.82) is 0 Å². The van der Waals surface area contributed by atoms with E-state index in [1.54, 1.807) is 35.1 Å². The zero-order chi connectivity index (χ0) is 18.8. The van der Waals surface area contributed by atoms with Crippen LogP contribution >= 0.6 is 11.6 Å². The Morgan fingerprint density at radius 1 is 1.00 bits per heavy atom. The quantitative estimate of drug-likeness (QED) is 0.526. The molecule has 0 aliphatic heterocycles. The zero-order valence-electron chi connectivity index (χ0n) is 14.5. The van der Waals surface area contributed by atoms with E-state index in [4.69, 9.17) is 11.6 Å². The smallest absolute Gasteiger partial charge is 0.308 e. The molecule has 0 unspecified atom stereocenters. The van der Waals surface area contributed by atoms with E-state index in [0.29, 0.717) is 16.4 Å². The Morgan fingerprint density at radius 3 is 2.56 bits per heavy atom. The summed E-state index contributed by atoms with van der Waals surface area (Å²) in [5.74, 6) is 0. The molecular formula is C20H16ClN5O. The van der Waals surface area contributed by atoms with Gasteiger partial charge in [0.05, 0.1) is 23.3 Å². The van der Waals surface area contributed by atoms with Crippen LogP contribution in [0.5, 0.6) is 0 Å². The number of aryl methyl sites for hydroxylation is 1. The topological polar surface area (TPSA) is 71.8 Å². The van der Waals surface area contributed by atoms with Gasteiger partial charge in [-0.2, -0.15) is 5.10 Å². The molecule has 4 rings (SSSR count). The first-order valence-electron chi connectivity index (χ1n) is 8.34. The Balaban J connectivity index is 1.59. The Labute approximate surface area is 160 Å². The number of halogens is 1. The Hall–Kier alpha value is -3.38. The number of rotatable bonds is 3. The normalized spacial score (nSPS) is 10.7. The van der Waals surface area contributed by atoms with E-state index in [2.05, 4.69) is 20.7 Å². The van der Waals surface area contributed by atoms with Gasteiger partial charge < -0.3 is 10.6 Å². The number of anilines is 2. The molecule has 0 spiro atoms. The third-order valence-corrected chi connectivity index (χ3v) is 4.28. The number of pyridine rings is 1. The fourth-order valence-electron chi connectivity index (χ4n) is 2.82. The van der Waals surface area contributed by atoms with E-state index < -0.39 is 0 Å². The number of nitrogens with one attached hydrogen (secondary N) is 2. The molecule has 0 aliphatic carbocycles. The fraction of sp³-hybridized carbons (Fsp3) is 0.0500. The molecule has 0 radical (unpaired) electrons. The van der Waals surface area contributed by atoms with Crippen molar-refractivity contribution in [3.63, 3.8) is 0 Å². The Kier molecular flexibility index (Phi) is 4.48. The number of hydrogen-bond donors (Lipinski definition) is 2. The van der Waals surface area contributed by atoms with Gasteiger partial charge in [-0.25, -0.2) is 14.5 Å². The standard InChI is InChI=1S/C20H16ClN5O/c1-13-18-11-16(24-20(27)23-15-7-5-6-14(21)10-15)12-22-19(18)26(25-13)17-8-3-2-4-9-17/h2-12H,1H3,(H2,23,24,27). The highest BCUT2D eigenvalue weighted by molar-refractivity contribution is 6.30. The van der Waals surface area contributed by atoms with Gasteiger partial charge in [0.25, 0.3) is 0 Å². The first-order valence-corrected chi connectivity index (χ1v) is 8.72. The molecule has 0 saturated heterocycles. The second-order valence-electron chi connectivity index (χ2n) is 6.02. The number of aromatic nitrogens is 3. The molecule has 0 fully saturated rings. The van der Waals surface area contributed by atoms with Crippen LogP contribution in [0.15, 0.2) is 66.9 Å². The van der Waals surface area contributed by atoms with Crippen molar-refractivity contribution in [2.24, 2.45) is 0 Å². The summed E-state index contributed by atoms with van der Waals surface area (Å²) in [4.78, 5) is 16.7. The van der Waals surface area contributed by atoms with Crippen LogP contribution in [0.4, 0.5) is 16.2 Å². The summed E-state index contributed by atoms with van der Waals surface area (Å²) in [6, 6.07) is 18.3. The van der Waals surface area contributed by atoms with Crippen LogP contribution in [0.2, 0.25) is 5.02 Å². The highest BCUT2D eigenvalue weighted by Crippen LogP contribution is 2.23. The van der Waals surface area contributed by atoms with Crippen molar-refractivity contribution in [3.05, 3.63) is 77.6 Å². The predicted octanol–water partition coefficient (Wildman–Crippen LogP) is 5.03. The average Bonchev–Trinajstić information content (AvgIpc) is 2.99. The minimum Gasteiger partial charge on any atom is -0.308 e. The van der Waals surface area contributed by atoms with Crippen LogP contribution in [0.3, 0.4) is 0 Å². The average molecular weight is 378 g/mol. The van der Waals surface area contributed by atoms with Crippen molar-refractivity contribution < 1.29 is 4.79 Å². The summed E-state index contributed by atoms with van der Waals surface area (Å²) < 4.78 is 1.79. The molecular weight excluding hydrogens is 362 g/mol. The predicted molar refractivity (Wildman–Crippen MR) is 108 cm³/mol. The number of nitrogens with zero attached hydrogens (tertiary/aromatic N) is 3. The first kappa shape index (κ1) is 17.1. The lowest BCUT2D eigenvalue weighted by atomic mass is 10.2. The fourth-order valence-corrected chi connectivity index (χ4v) is 3.01. The SMILES string of the molecule is Cc1nn(-c2ccccc2)c2ncc(NC(=O)Nc3cccc(Cl)c3)cc12. The Bertz CT molecular complexity index is 1120. The first-order chi connectivity index (χ1) is 13.1. The van der Waals surface area contributed by atoms with Crippen molar-refractivity contribution in [2.45, 2.75) is 6.92 Å². The number of urea groups is 1. The number of carbonyl (C=O) groups is 1. The number of amides is 2. The molecule has 0 bridgehead atoms. The van der Waals surface area contributed by atoms with E-state index in [-0.39, 0.29) is 6.03 Å². The molecule has 2 aromatic heterocycles. The molecule has 2 N–H and O–H groups in total. The van der Waals surface area contributed by atoms with E-state index in [0.717, 1.165) is 22.4 Å². The van der Waals surface area contributed by atoms with Crippen LogP contribution in [-0.4, -0.2) is 20.8 Å². The van der Waals surface area contributed by atoms with Crippen LogP contribution in [0.1, 0.15) is 5.69 Å². The molecule has 2 aromatic carbocycles. The molecule has 4 aromatic rings. The lowest BCUT2D eigenvalue weighted by Crippen LogP contribution is -2.19. The minimum atomic E-state index is -0.369. The van der Waals surface area contributed by atoms with Gasteiger partial charge in [-0.3, -0.25) is 0 Å². The maximum Gasteiger partial charge on any atom is 0.323 e. The van der Waals surface area contributed by atoms with Crippen molar-refractivity contribution >= 4 is 40.0 Å². The lowest BCUT2D eigenvalue weighted by molar-refractivity contribution is 0.262. The number of carbonyl (C=O) groups excluding carboxylic acids is 1. The van der Waals surface area contributed by atoms with Gasteiger partial charge in [-0.05, 0) is 43.3 Å². The molecule has 134 valence electrons. The van der Waals surface area contributed by atoms with Crippen LogP contribution in [0, 0.1) is 6.92 Å². The molecule has 0 saturated carbocycles. The van der Waals surface area contributed by atoms with Crippen molar-refractivity contribution in [3.8, 4) is 5.69 Å². The van der Waals surface area contributed by atoms with E-state index in [1.165, 1.54) is 0 Å². The molecule has 2 amide bonds. The van der Waals surface area contributed by atoms with Crippen molar-refractivity contribution in [2.75, 3.05) is 10.6 Å². The van der Waals surface area contributed by atoms with Gasteiger partial charge in [-0.15, -0.1) is 0 Å². The number of para-hydroxylation sites is 1. The van der Waals surface area contributed by atoms with Gasteiger partial charge in [0.1, 0.15) is 0 Å². The van der Waals surface area contributed by atoms with Gasteiger partial charge in [0.2, 0.25) is 0 Å². The van der Waals surface area contributed by atoms with Crippen LogP contribution in [0.25, 0.3) is 16.7 Å². The highest BCUT2D eigenvalue weighted by Gasteiger charge is 2.12. The van der Waals surface area contributed by atoms with Crippen LogP contribution < -0.4 is 10.6 Å². The highest BCUT2D eigenvalue weighted by atomic mass is 35.5. The molecule has 7 heteroatoms. The molecule has 27 heavy (non-hydrogen) atoms. The lowest BCUT2D eigenvalue weighted by Gasteiger charge is -2.08. The maximum atomic E-state index is 12.2. The van der Waals surface area contributed by atoms with Crippen molar-refractivity contribution in [1.82, 2.24) is 14.8 Å². The van der Waals surface area contributed by atoms with E-state index in [1.807, 2.05) is 43.3 Å². The summed E-state index contributed by atoms with van der Waals surface area (Å²) in [7, 11) is 0. The summed E-state index contributed by atoms with van der Waals surface area (Å²) in [6.45, 7) is 1.92. The minimum absolute atomic E-state index is 0.369. The van der Waals surface area contributed by atoms with Gasteiger partial charge in [0.15, 0.2) is 5.65 Å². The third kappa shape index (κ3) is 3.61. The second kappa shape index (κ2) is 7.09. The van der Waals surface area contributed by atoms with Crippen LogP contribution in [-0.2, 0) is 0 Å². The Morgan fingerprint density at radius 2 is 1.78 bits per heavy atom. The van der Waals surface area contributed by atoms with E-state index >= 15 is 0 Å². The largest absolute Gasteiger partial charge is 0.323 e. The van der Waals surface area contributed by atoms with E-state index in [9.17, 15) is 4.79 Å². The second-order valence-corrected chi connectivity index (χ2v) is 6.45. The monoisotopic (exact) mass is 377 g/mol. The molecule has 6 nitrogen and oxygen atoms in total. The maximum absolute atomic E-state index is 12.2.